The SMILES string of the molecule is Cc1cc(COCc2ccc(C(F)(F)F)cc2)ccc1C(=O)NCC1CCCOCC1. The third kappa shape index (κ3) is 7.08. The molecule has 0 saturated carbocycles. The van der Waals surface area contributed by atoms with Gasteiger partial charge in [-0.3, -0.25) is 4.79 Å². The number of nitrogens with one attached hydrogen (secondary N) is 1. The average Bonchev–Trinajstić information content (AvgIpc) is 3.01. The number of carbonyl (C=O) groups is 1. The Hall–Kier alpha value is -2.38. The number of halogens is 3. The third-order valence-electron chi connectivity index (χ3n) is 5.48. The molecule has 0 aromatic heterocycles. The number of ether oxygens (including phenoxy) is 2. The summed E-state index contributed by atoms with van der Waals surface area (Å²) in [6.45, 7) is 4.61. The molecule has 3 rings (SSSR count). The van der Waals surface area contributed by atoms with E-state index in [1.807, 2.05) is 19.1 Å². The van der Waals surface area contributed by atoms with Crippen molar-refractivity contribution in [3.8, 4) is 0 Å². The van der Waals surface area contributed by atoms with Crippen molar-refractivity contribution in [1.82, 2.24) is 5.32 Å². The summed E-state index contributed by atoms with van der Waals surface area (Å²) in [4.78, 5) is 12.5. The highest BCUT2D eigenvalue weighted by Gasteiger charge is 2.29. The van der Waals surface area contributed by atoms with E-state index in [9.17, 15) is 18.0 Å². The monoisotopic (exact) mass is 435 g/mol. The van der Waals surface area contributed by atoms with E-state index in [4.69, 9.17) is 9.47 Å². The summed E-state index contributed by atoms with van der Waals surface area (Å²) in [5.74, 6) is 0.365. The maximum atomic E-state index is 12.6. The van der Waals surface area contributed by atoms with Gasteiger partial charge >= 0.3 is 6.18 Å². The molecular weight excluding hydrogens is 407 g/mol. The first-order valence-electron chi connectivity index (χ1n) is 10.5. The second kappa shape index (κ2) is 10.8. The van der Waals surface area contributed by atoms with Gasteiger partial charge in [-0.2, -0.15) is 13.2 Å². The van der Waals surface area contributed by atoms with Crippen LogP contribution in [0.4, 0.5) is 13.2 Å². The van der Waals surface area contributed by atoms with E-state index in [1.165, 1.54) is 12.1 Å². The van der Waals surface area contributed by atoms with Crippen molar-refractivity contribution in [1.29, 1.82) is 0 Å². The fraction of sp³-hybridized carbons (Fsp3) is 0.458. The lowest BCUT2D eigenvalue weighted by Gasteiger charge is -2.15. The summed E-state index contributed by atoms with van der Waals surface area (Å²) < 4.78 is 48.9. The fourth-order valence-corrected chi connectivity index (χ4v) is 3.65. The number of alkyl halides is 3. The summed E-state index contributed by atoms with van der Waals surface area (Å²) in [5, 5.41) is 3.03. The van der Waals surface area contributed by atoms with E-state index in [1.54, 1.807) is 6.07 Å². The van der Waals surface area contributed by atoms with E-state index < -0.39 is 11.7 Å². The highest BCUT2D eigenvalue weighted by Crippen LogP contribution is 2.29. The number of rotatable bonds is 7. The van der Waals surface area contributed by atoms with Gasteiger partial charge in [0.2, 0.25) is 0 Å². The molecule has 4 nitrogen and oxygen atoms in total. The molecule has 1 unspecified atom stereocenters. The molecule has 1 aliphatic rings. The van der Waals surface area contributed by atoms with Crippen molar-refractivity contribution in [2.75, 3.05) is 19.8 Å². The highest BCUT2D eigenvalue weighted by molar-refractivity contribution is 5.95. The zero-order valence-electron chi connectivity index (χ0n) is 17.6. The first-order valence-corrected chi connectivity index (χ1v) is 10.5. The maximum absolute atomic E-state index is 12.6. The van der Waals surface area contributed by atoms with Crippen LogP contribution in [0, 0.1) is 12.8 Å². The molecule has 1 N–H and O–H groups in total. The molecular formula is C24H28F3NO3. The molecule has 7 heteroatoms. The van der Waals surface area contributed by atoms with E-state index in [0.29, 0.717) is 30.2 Å². The summed E-state index contributed by atoms with van der Waals surface area (Å²) >= 11 is 0. The van der Waals surface area contributed by atoms with E-state index in [2.05, 4.69) is 5.32 Å². The molecule has 1 aliphatic heterocycles. The Balaban J connectivity index is 1.48. The Labute approximate surface area is 180 Å². The van der Waals surface area contributed by atoms with E-state index in [-0.39, 0.29) is 12.5 Å². The van der Waals surface area contributed by atoms with Gasteiger partial charge in [-0.15, -0.1) is 0 Å². The number of amides is 1. The average molecular weight is 435 g/mol. The molecule has 168 valence electrons. The molecule has 0 radical (unpaired) electrons. The molecule has 2 aromatic rings. The van der Waals surface area contributed by atoms with Gasteiger partial charge in [-0.05, 0) is 67.0 Å². The van der Waals surface area contributed by atoms with Crippen LogP contribution in [-0.4, -0.2) is 25.7 Å². The lowest BCUT2D eigenvalue weighted by molar-refractivity contribution is -0.137. The predicted octanol–water partition coefficient (Wildman–Crippen LogP) is 5.28. The molecule has 2 aromatic carbocycles. The molecule has 0 aliphatic carbocycles. The third-order valence-corrected chi connectivity index (χ3v) is 5.48. The Morgan fingerprint density at radius 2 is 1.77 bits per heavy atom. The second-order valence-electron chi connectivity index (χ2n) is 7.96. The van der Waals surface area contributed by atoms with Crippen molar-refractivity contribution in [3.63, 3.8) is 0 Å². The standard InChI is InChI=1S/C24H28F3NO3/c1-17-13-20(16-31-15-19-4-7-21(8-5-19)24(25,26)27)6-9-22(17)23(29)28-14-18-3-2-11-30-12-10-18/h4-9,13,18H,2-3,10-12,14-16H2,1H3,(H,28,29). The molecule has 0 bridgehead atoms. The van der Waals surface area contributed by atoms with Gasteiger partial charge < -0.3 is 14.8 Å². The van der Waals surface area contributed by atoms with Crippen molar-refractivity contribution in [2.45, 2.75) is 45.6 Å². The van der Waals surface area contributed by atoms with Crippen LogP contribution in [0.1, 0.15) is 51.9 Å². The molecule has 1 heterocycles. The minimum absolute atomic E-state index is 0.0834. The van der Waals surface area contributed by atoms with Gasteiger partial charge in [0, 0.05) is 25.3 Å². The van der Waals surface area contributed by atoms with Crippen LogP contribution in [0.3, 0.4) is 0 Å². The van der Waals surface area contributed by atoms with Gasteiger partial charge in [-0.25, -0.2) is 0 Å². The van der Waals surface area contributed by atoms with Crippen LogP contribution in [0.2, 0.25) is 0 Å². The van der Waals surface area contributed by atoms with Gasteiger partial charge in [0.25, 0.3) is 5.91 Å². The van der Waals surface area contributed by atoms with Crippen LogP contribution in [-0.2, 0) is 28.9 Å². The van der Waals surface area contributed by atoms with Crippen LogP contribution < -0.4 is 5.32 Å². The normalized spacial score (nSPS) is 17.2. The maximum Gasteiger partial charge on any atom is 0.416 e. The Morgan fingerprint density at radius 1 is 1.06 bits per heavy atom. The lowest BCUT2D eigenvalue weighted by atomic mass is 10.00. The van der Waals surface area contributed by atoms with Gasteiger partial charge in [0.05, 0.1) is 18.8 Å². The molecule has 1 atom stereocenters. The molecule has 1 saturated heterocycles. The topological polar surface area (TPSA) is 47.6 Å². The Kier molecular flexibility index (Phi) is 8.09. The molecule has 1 fully saturated rings. The van der Waals surface area contributed by atoms with Crippen LogP contribution in [0.25, 0.3) is 0 Å². The van der Waals surface area contributed by atoms with Crippen molar-refractivity contribution in [2.24, 2.45) is 5.92 Å². The largest absolute Gasteiger partial charge is 0.416 e. The van der Waals surface area contributed by atoms with Crippen molar-refractivity contribution in [3.05, 3.63) is 70.3 Å². The fourth-order valence-electron chi connectivity index (χ4n) is 3.65. The second-order valence-corrected chi connectivity index (χ2v) is 7.96. The van der Waals surface area contributed by atoms with Crippen LogP contribution >= 0.6 is 0 Å². The number of aryl methyl sites for hydroxylation is 1. The summed E-state index contributed by atoms with van der Waals surface area (Å²) in [6, 6.07) is 10.5. The Morgan fingerprint density at radius 3 is 2.48 bits per heavy atom. The zero-order chi connectivity index (χ0) is 22.3. The zero-order valence-corrected chi connectivity index (χ0v) is 17.6. The number of hydrogen-bond acceptors (Lipinski definition) is 3. The van der Waals surface area contributed by atoms with Crippen molar-refractivity contribution >= 4 is 5.91 Å². The lowest BCUT2D eigenvalue weighted by Crippen LogP contribution is -2.30. The summed E-state index contributed by atoms with van der Waals surface area (Å²) in [5.41, 5.74) is 2.40. The summed E-state index contributed by atoms with van der Waals surface area (Å²) in [7, 11) is 0. The van der Waals surface area contributed by atoms with Crippen LogP contribution in [0.5, 0.6) is 0 Å². The molecule has 0 spiro atoms. The first kappa shape index (κ1) is 23.3. The summed E-state index contributed by atoms with van der Waals surface area (Å²) in [6.07, 6.45) is -1.28. The smallest absolute Gasteiger partial charge is 0.381 e. The number of benzene rings is 2. The minimum atomic E-state index is -4.34. The van der Waals surface area contributed by atoms with E-state index in [0.717, 1.165) is 55.7 Å². The quantitative estimate of drug-likeness (QED) is 0.644. The van der Waals surface area contributed by atoms with Gasteiger partial charge in [0.15, 0.2) is 0 Å². The van der Waals surface area contributed by atoms with Crippen molar-refractivity contribution < 1.29 is 27.4 Å². The first-order chi connectivity index (χ1) is 14.8. The predicted molar refractivity (Wildman–Crippen MR) is 112 cm³/mol. The number of carbonyl (C=O) groups excluding carboxylic acids is 1. The Bertz CT molecular complexity index is 857. The number of hydrogen-bond donors (Lipinski definition) is 1. The molecule has 1 amide bonds. The van der Waals surface area contributed by atoms with E-state index >= 15 is 0 Å². The van der Waals surface area contributed by atoms with Crippen LogP contribution in [0.15, 0.2) is 42.5 Å². The van der Waals surface area contributed by atoms with Gasteiger partial charge in [-0.1, -0.05) is 24.3 Å². The highest BCUT2D eigenvalue weighted by atomic mass is 19.4. The van der Waals surface area contributed by atoms with Gasteiger partial charge in [0.1, 0.15) is 0 Å². The minimum Gasteiger partial charge on any atom is -0.381 e. The molecule has 31 heavy (non-hydrogen) atoms.